The van der Waals surface area contributed by atoms with Crippen LogP contribution in [0.25, 0.3) is 10.9 Å². The van der Waals surface area contributed by atoms with Crippen molar-refractivity contribution in [3.63, 3.8) is 0 Å². The highest BCUT2D eigenvalue weighted by molar-refractivity contribution is 5.98. The molecule has 0 saturated heterocycles. The molecule has 0 aliphatic rings. The minimum absolute atomic E-state index is 0.0239. The normalized spacial score (nSPS) is 12.1. The van der Waals surface area contributed by atoms with Crippen LogP contribution in [0.1, 0.15) is 45.2 Å². The topological polar surface area (TPSA) is 103 Å². The van der Waals surface area contributed by atoms with Gasteiger partial charge in [-0.15, -0.1) is 0 Å². The number of rotatable bonds is 7. The number of fused-ring (bicyclic) bond motifs is 1. The molecule has 0 spiro atoms. The first-order valence-electron chi connectivity index (χ1n) is 10.4. The lowest BCUT2D eigenvalue weighted by Gasteiger charge is -2.20. The molecule has 0 aliphatic carbocycles. The third kappa shape index (κ3) is 4.86. The van der Waals surface area contributed by atoms with E-state index in [4.69, 9.17) is 0 Å². The lowest BCUT2D eigenvalue weighted by Crippen LogP contribution is -2.38. The van der Waals surface area contributed by atoms with Crippen molar-refractivity contribution >= 4 is 22.7 Å². The highest BCUT2D eigenvalue weighted by Crippen LogP contribution is 2.24. The maximum Gasteiger partial charge on any atom is 0.272 e. The highest BCUT2D eigenvalue weighted by atomic mass is 19.2. The lowest BCUT2D eigenvalue weighted by molar-refractivity contribution is 0.0903. The Labute approximate surface area is 194 Å². The van der Waals surface area contributed by atoms with Crippen LogP contribution >= 0.6 is 0 Å². The van der Waals surface area contributed by atoms with Gasteiger partial charge in [-0.05, 0) is 24.6 Å². The Morgan fingerprint density at radius 2 is 1.74 bits per heavy atom. The van der Waals surface area contributed by atoms with Crippen LogP contribution in [0.4, 0.5) is 22.0 Å². The predicted molar refractivity (Wildman–Crippen MR) is 115 cm³/mol. The van der Waals surface area contributed by atoms with E-state index in [1.165, 1.54) is 6.07 Å². The Bertz CT molecular complexity index is 1430. The molecule has 0 fully saturated rings. The summed E-state index contributed by atoms with van der Waals surface area (Å²) in [6, 6.07) is 4.79. The number of aromatic nitrogens is 3. The standard InChI is InChI=1S/C23H18F5N5O2/c1-2-11-6-18(33-32-11)23(35)31-19(12-4-3-10(24)5-14(12)25)9-29-22(34)17-7-13-16(30-17)8-15(26)21(28)20(13)27/h3-8,19,30H,2,9H2,1H3,(H,29,34)(H,31,35)(H,32,33). The van der Waals surface area contributed by atoms with Crippen molar-refractivity contribution in [2.45, 2.75) is 19.4 Å². The van der Waals surface area contributed by atoms with Crippen molar-refractivity contribution in [2.24, 2.45) is 0 Å². The number of nitrogens with zero attached hydrogens (tertiary/aromatic N) is 1. The number of nitrogens with one attached hydrogen (secondary N) is 4. The number of benzene rings is 2. The molecule has 2 aromatic carbocycles. The summed E-state index contributed by atoms with van der Waals surface area (Å²) in [6.45, 7) is 1.48. The smallest absolute Gasteiger partial charge is 0.272 e. The van der Waals surface area contributed by atoms with E-state index in [9.17, 15) is 31.5 Å². The van der Waals surface area contributed by atoms with Gasteiger partial charge in [0, 0.05) is 35.3 Å². The van der Waals surface area contributed by atoms with Gasteiger partial charge in [-0.3, -0.25) is 14.7 Å². The van der Waals surface area contributed by atoms with Gasteiger partial charge in [-0.2, -0.15) is 5.10 Å². The molecule has 2 amide bonds. The number of carbonyl (C=O) groups is 2. The second kappa shape index (κ2) is 9.57. The van der Waals surface area contributed by atoms with Crippen LogP contribution in [0.5, 0.6) is 0 Å². The fourth-order valence-corrected chi connectivity index (χ4v) is 3.51. The first-order chi connectivity index (χ1) is 16.7. The summed E-state index contributed by atoms with van der Waals surface area (Å²) in [5.74, 6) is -7.86. The van der Waals surface area contributed by atoms with E-state index in [1.54, 1.807) is 0 Å². The van der Waals surface area contributed by atoms with Crippen LogP contribution in [0.2, 0.25) is 0 Å². The Kier molecular flexibility index (Phi) is 6.54. The van der Waals surface area contributed by atoms with Gasteiger partial charge in [-0.25, -0.2) is 22.0 Å². The Balaban J connectivity index is 1.57. The summed E-state index contributed by atoms with van der Waals surface area (Å²) in [5.41, 5.74) is 0.223. The van der Waals surface area contributed by atoms with Gasteiger partial charge < -0.3 is 15.6 Å². The minimum atomic E-state index is -1.68. The first kappa shape index (κ1) is 23.9. The molecule has 35 heavy (non-hydrogen) atoms. The zero-order chi connectivity index (χ0) is 25.3. The summed E-state index contributed by atoms with van der Waals surface area (Å²) < 4.78 is 68.8. The summed E-state index contributed by atoms with van der Waals surface area (Å²) >= 11 is 0. The molecule has 1 unspecified atom stereocenters. The van der Waals surface area contributed by atoms with Crippen LogP contribution in [0.15, 0.2) is 36.4 Å². The van der Waals surface area contributed by atoms with Gasteiger partial charge in [-0.1, -0.05) is 13.0 Å². The van der Waals surface area contributed by atoms with Crippen LogP contribution in [-0.2, 0) is 6.42 Å². The summed E-state index contributed by atoms with van der Waals surface area (Å²) in [5, 5.41) is 11.2. The van der Waals surface area contributed by atoms with Crippen LogP contribution < -0.4 is 10.6 Å². The van der Waals surface area contributed by atoms with E-state index in [0.717, 1.165) is 18.2 Å². The Morgan fingerprint density at radius 1 is 0.971 bits per heavy atom. The molecule has 0 radical (unpaired) electrons. The van der Waals surface area contributed by atoms with E-state index >= 15 is 0 Å². The van der Waals surface area contributed by atoms with Gasteiger partial charge in [0.15, 0.2) is 17.5 Å². The van der Waals surface area contributed by atoms with Crippen LogP contribution in [0.3, 0.4) is 0 Å². The quantitative estimate of drug-likeness (QED) is 0.232. The maximum absolute atomic E-state index is 14.5. The number of aryl methyl sites for hydroxylation is 1. The van der Waals surface area contributed by atoms with E-state index in [2.05, 4.69) is 25.8 Å². The number of aromatic amines is 2. The average Bonchev–Trinajstić information content (AvgIpc) is 3.48. The third-order valence-electron chi connectivity index (χ3n) is 5.36. The Morgan fingerprint density at radius 3 is 2.43 bits per heavy atom. The molecular weight excluding hydrogens is 473 g/mol. The van der Waals surface area contributed by atoms with Crippen molar-refractivity contribution in [1.82, 2.24) is 25.8 Å². The van der Waals surface area contributed by atoms with Crippen molar-refractivity contribution < 1.29 is 31.5 Å². The van der Waals surface area contributed by atoms with Gasteiger partial charge in [0.05, 0.1) is 11.6 Å². The van der Waals surface area contributed by atoms with Gasteiger partial charge in [0.1, 0.15) is 23.0 Å². The summed E-state index contributed by atoms with van der Waals surface area (Å²) in [7, 11) is 0. The molecule has 4 N–H and O–H groups in total. The van der Waals surface area contributed by atoms with Gasteiger partial charge >= 0.3 is 0 Å². The molecule has 4 aromatic rings. The number of hydrogen-bond donors (Lipinski definition) is 4. The lowest BCUT2D eigenvalue weighted by atomic mass is 10.1. The molecule has 0 aliphatic heterocycles. The summed E-state index contributed by atoms with van der Waals surface area (Å²) in [6.07, 6.45) is 0.589. The molecule has 182 valence electrons. The minimum Gasteiger partial charge on any atom is -0.350 e. The molecule has 4 rings (SSSR count). The second-order valence-corrected chi connectivity index (χ2v) is 7.66. The van der Waals surface area contributed by atoms with Crippen LogP contribution in [0, 0.1) is 29.1 Å². The number of hydrogen-bond acceptors (Lipinski definition) is 3. The molecule has 12 heteroatoms. The predicted octanol–water partition coefficient (Wildman–Crippen LogP) is 4.05. The average molecular weight is 491 g/mol. The molecule has 0 saturated carbocycles. The molecular formula is C23H18F5N5O2. The number of carbonyl (C=O) groups excluding carboxylic acids is 2. The SMILES string of the molecule is CCc1cc(C(=O)NC(CNC(=O)c2cc3c(F)c(F)c(F)cc3[nH]2)c2ccc(F)cc2F)n[nH]1. The highest BCUT2D eigenvalue weighted by Gasteiger charge is 2.23. The van der Waals surface area contributed by atoms with Crippen molar-refractivity contribution in [2.75, 3.05) is 6.54 Å². The third-order valence-corrected chi connectivity index (χ3v) is 5.36. The second-order valence-electron chi connectivity index (χ2n) is 7.66. The van der Waals surface area contributed by atoms with Crippen molar-refractivity contribution in [1.29, 1.82) is 0 Å². The molecule has 1 atom stereocenters. The largest absolute Gasteiger partial charge is 0.350 e. The van der Waals surface area contributed by atoms with Crippen molar-refractivity contribution in [3.8, 4) is 0 Å². The van der Waals surface area contributed by atoms with Gasteiger partial charge in [0.2, 0.25) is 0 Å². The van der Waals surface area contributed by atoms with E-state index < -0.39 is 46.9 Å². The molecule has 2 aromatic heterocycles. The molecule has 2 heterocycles. The monoisotopic (exact) mass is 491 g/mol. The number of halogens is 5. The maximum atomic E-state index is 14.5. The van der Waals surface area contributed by atoms with E-state index in [0.29, 0.717) is 24.2 Å². The Hall–Kier alpha value is -4.22. The number of amides is 2. The zero-order valence-electron chi connectivity index (χ0n) is 18.1. The summed E-state index contributed by atoms with van der Waals surface area (Å²) in [4.78, 5) is 27.8. The fraction of sp³-hybridized carbons (Fsp3) is 0.174. The fourth-order valence-electron chi connectivity index (χ4n) is 3.51. The molecule has 0 bridgehead atoms. The van der Waals surface area contributed by atoms with E-state index in [-0.39, 0.29) is 34.4 Å². The number of H-pyrrole nitrogens is 2. The molecule has 7 nitrogen and oxygen atoms in total. The van der Waals surface area contributed by atoms with Gasteiger partial charge in [0.25, 0.3) is 11.8 Å². The van der Waals surface area contributed by atoms with Crippen LogP contribution in [-0.4, -0.2) is 33.5 Å². The van der Waals surface area contributed by atoms with E-state index in [1.807, 2.05) is 6.92 Å². The zero-order valence-corrected chi connectivity index (χ0v) is 18.1. The first-order valence-corrected chi connectivity index (χ1v) is 10.4. The van der Waals surface area contributed by atoms with Crippen molar-refractivity contribution in [3.05, 3.63) is 88.1 Å².